The number of nitrogens with zero attached hydrogens (tertiary/aromatic N) is 3. The number of piperidine rings is 1. The summed E-state index contributed by atoms with van der Waals surface area (Å²) in [4.78, 5) is 13.1. The highest BCUT2D eigenvalue weighted by atomic mass is 32.1. The number of hydrogen-bond acceptors (Lipinski definition) is 5. The lowest BCUT2D eigenvalue weighted by Gasteiger charge is -2.29. The predicted octanol–water partition coefficient (Wildman–Crippen LogP) is 4.90. The molecule has 0 saturated carbocycles. The molecule has 1 fully saturated rings. The van der Waals surface area contributed by atoms with Crippen LogP contribution in [0.4, 0.5) is 15.9 Å². The van der Waals surface area contributed by atoms with E-state index >= 15 is 0 Å². The minimum Gasteiger partial charge on any atom is -0.340 e. The van der Waals surface area contributed by atoms with Crippen LogP contribution in [0.3, 0.4) is 0 Å². The van der Waals surface area contributed by atoms with Gasteiger partial charge >= 0.3 is 0 Å². The minimum atomic E-state index is -0.267. The summed E-state index contributed by atoms with van der Waals surface area (Å²) in [7, 11) is 2.14. The Hall–Kier alpha value is -2.31. The zero-order valence-corrected chi connectivity index (χ0v) is 15.5. The van der Waals surface area contributed by atoms with E-state index in [1.54, 1.807) is 17.4 Å². The maximum Gasteiger partial charge on any atom is 0.135 e. The van der Waals surface area contributed by atoms with Crippen LogP contribution in [0, 0.1) is 5.82 Å². The first kappa shape index (κ1) is 17.1. The summed E-state index contributed by atoms with van der Waals surface area (Å²) >= 11 is 1.66. The van der Waals surface area contributed by atoms with Crippen LogP contribution < -0.4 is 5.32 Å². The average Bonchev–Trinajstić information content (AvgIpc) is 3.16. The van der Waals surface area contributed by atoms with Crippen LogP contribution in [0.1, 0.15) is 24.6 Å². The lowest BCUT2D eigenvalue weighted by atomic mass is 9.97. The lowest BCUT2D eigenvalue weighted by molar-refractivity contribution is 0.246. The first-order chi connectivity index (χ1) is 12.7. The van der Waals surface area contributed by atoms with Crippen molar-refractivity contribution < 1.29 is 4.39 Å². The number of aromatic nitrogens is 2. The van der Waals surface area contributed by atoms with Crippen molar-refractivity contribution in [2.75, 3.05) is 25.5 Å². The molecule has 1 saturated heterocycles. The van der Waals surface area contributed by atoms with Crippen LogP contribution in [0.5, 0.6) is 0 Å². The molecule has 0 bridgehead atoms. The fourth-order valence-electron chi connectivity index (χ4n) is 3.35. The van der Waals surface area contributed by atoms with Gasteiger partial charge in [0.25, 0.3) is 0 Å². The number of hydrogen-bond donors (Lipinski definition) is 1. The van der Waals surface area contributed by atoms with Crippen molar-refractivity contribution in [2.24, 2.45) is 0 Å². The first-order valence-electron chi connectivity index (χ1n) is 8.81. The summed E-state index contributed by atoms with van der Waals surface area (Å²) in [5, 5.41) is 5.28. The number of benzene rings is 1. The summed E-state index contributed by atoms with van der Waals surface area (Å²) in [5.41, 5.74) is 1.60. The number of rotatable bonds is 4. The van der Waals surface area contributed by atoms with E-state index in [1.165, 1.54) is 12.1 Å². The molecule has 1 aliphatic rings. The van der Waals surface area contributed by atoms with Gasteiger partial charge in [-0.2, -0.15) is 0 Å². The Morgan fingerprint density at radius 2 is 2.12 bits per heavy atom. The third-order valence-corrected chi connectivity index (χ3v) is 5.50. The highest BCUT2D eigenvalue weighted by molar-refractivity contribution is 7.13. The molecule has 0 radical (unpaired) electrons. The smallest absolute Gasteiger partial charge is 0.135 e. The van der Waals surface area contributed by atoms with Crippen LogP contribution in [-0.2, 0) is 0 Å². The molecule has 26 heavy (non-hydrogen) atoms. The molecule has 2 aromatic heterocycles. The zero-order valence-electron chi connectivity index (χ0n) is 14.7. The normalized spacial score (nSPS) is 18.0. The Bertz CT molecular complexity index is 881. The predicted molar refractivity (Wildman–Crippen MR) is 104 cm³/mol. The fourth-order valence-corrected chi connectivity index (χ4v) is 4.04. The lowest BCUT2D eigenvalue weighted by Crippen LogP contribution is -2.31. The second kappa shape index (κ2) is 7.51. The topological polar surface area (TPSA) is 41.1 Å². The van der Waals surface area contributed by atoms with Crippen molar-refractivity contribution in [2.45, 2.75) is 18.8 Å². The Balaban J connectivity index is 1.70. The second-order valence-electron chi connectivity index (χ2n) is 6.71. The van der Waals surface area contributed by atoms with Gasteiger partial charge in [0.1, 0.15) is 17.5 Å². The fraction of sp³-hybridized carbons (Fsp3) is 0.300. The summed E-state index contributed by atoms with van der Waals surface area (Å²) in [6, 6.07) is 12.5. The molecular weight excluding hydrogens is 347 g/mol. The van der Waals surface area contributed by atoms with E-state index in [1.807, 2.05) is 23.6 Å². The second-order valence-corrected chi connectivity index (χ2v) is 7.66. The van der Waals surface area contributed by atoms with Crippen LogP contribution in [0.25, 0.3) is 10.6 Å². The number of nitrogens with one attached hydrogen (secondary N) is 1. The number of thiophene rings is 1. The molecule has 6 heteroatoms. The van der Waals surface area contributed by atoms with E-state index in [0.717, 1.165) is 42.3 Å². The highest BCUT2D eigenvalue weighted by Crippen LogP contribution is 2.30. The minimum absolute atomic E-state index is 0.267. The van der Waals surface area contributed by atoms with Gasteiger partial charge in [-0.05, 0) is 56.1 Å². The molecular formula is C20H21FN4S. The van der Waals surface area contributed by atoms with Crippen molar-refractivity contribution in [3.8, 4) is 10.6 Å². The molecule has 0 spiro atoms. The standard InChI is InChI=1S/C20H21FN4S/c1-25-9-3-5-14(13-25)20-23-17(18-8-4-10-26-18)12-19(24-20)22-16-7-2-6-15(21)11-16/h2,4,6-8,10-12,14H,3,5,9,13H2,1H3,(H,22,23,24). The van der Waals surface area contributed by atoms with E-state index in [9.17, 15) is 4.39 Å². The molecule has 0 aliphatic carbocycles. The molecule has 1 aliphatic heterocycles. The summed E-state index contributed by atoms with van der Waals surface area (Å²) < 4.78 is 13.5. The van der Waals surface area contributed by atoms with Gasteiger partial charge in [-0.1, -0.05) is 12.1 Å². The molecule has 1 atom stereocenters. The number of likely N-dealkylation sites (tertiary alicyclic amines) is 1. The van der Waals surface area contributed by atoms with E-state index in [-0.39, 0.29) is 5.82 Å². The Kier molecular flexibility index (Phi) is 4.95. The van der Waals surface area contributed by atoms with Crippen molar-refractivity contribution in [3.63, 3.8) is 0 Å². The van der Waals surface area contributed by atoms with Gasteiger partial charge in [0.05, 0.1) is 10.6 Å². The average molecular weight is 368 g/mol. The van der Waals surface area contributed by atoms with Crippen molar-refractivity contribution in [1.82, 2.24) is 14.9 Å². The molecule has 3 heterocycles. The van der Waals surface area contributed by atoms with Crippen LogP contribution in [0.2, 0.25) is 0 Å². The summed E-state index contributed by atoms with van der Waals surface area (Å²) in [6.07, 6.45) is 2.25. The van der Waals surface area contributed by atoms with Crippen LogP contribution in [0.15, 0.2) is 47.8 Å². The van der Waals surface area contributed by atoms with Gasteiger partial charge in [0.2, 0.25) is 0 Å². The van der Waals surface area contributed by atoms with E-state index < -0.39 is 0 Å². The Labute approximate surface area is 156 Å². The largest absolute Gasteiger partial charge is 0.340 e. The maximum absolute atomic E-state index is 13.5. The van der Waals surface area contributed by atoms with E-state index in [4.69, 9.17) is 9.97 Å². The molecule has 1 N–H and O–H groups in total. The monoisotopic (exact) mass is 368 g/mol. The van der Waals surface area contributed by atoms with Gasteiger partial charge in [0.15, 0.2) is 0 Å². The summed E-state index contributed by atoms with van der Waals surface area (Å²) in [5.74, 6) is 1.62. The number of anilines is 2. The van der Waals surface area contributed by atoms with Crippen molar-refractivity contribution in [3.05, 3.63) is 59.5 Å². The van der Waals surface area contributed by atoms with E-state index in [0.29, 0.717) is 17.4 Å². The molecule has 4 rings (SSSR count). The molecule has 3 aromatic rings. The molecule has 1 unspecified atom stereocenters. The summed E-state index contributed by atoms with van der Waals surface area (Å²) in [6.45, 7) is 2.09. The third-order valence-electron chi connectivity index (χ3n) is 4.60. The van der Waals surface area contributed by atoms with Gasteiger partial charge in [-0.15, -0.1) is 11.3 Å². The maximum atomic E-state index is 13.5. The van der Waals surface area contributed by atoms with E-state index in [2.05, 4.69) is 23.3 Å². The Morgan fingerprint density at radius 3 is 2.88 bits per heavy atom. The van der Waals surface area contributed by atoms with Crippen molar-refractivity contribution >= 4 is 22.8 Å². The van der Waals surface area contributed by atoms with Gasteiger partial charge in [0, 0.05) is 24.2 Å². The third kappa shape index (κ3) is 3.92. The Morgan fingerprint density at radius 1 is 1.19 bits per heavy atom. The molecule has 0 amide bonds. The van der Waals surface area contributed by atoms with Gasteiger partial charge in [-0.3, -0.25) is 0 Å². The van der Waals surface area contributed by atoms with Gasteiger partial charge in [-0.25, -0.2) is 14.4 Å². The van der Waals surface area contributed by atoms with Crippen LogP contribution in [-0.4, -0.2) is 35.0 Å². The van der Waals surface area contributed by atoms with Crippen LogP contribution >= 0.6 is 11.3 Å². The quantitative estimate of drug-likeness (QED) is 0.711. The number of halogens is 1. The zero-order chi connectivity index (χ0) is 17.9. The first-order valence-corrected chi connectivity index (χ1v) is 9.69. The molecule has 4 nitrogen and oxygen atoms in total. The molecule has 134 valence electrons. The SMILES string of the molecule is CN1CCCC(c2nc(Nc3cccc(F)c3)cc(-c3cccs3)n2)C1. The highest BCUT2D eigenvalue weighted by Gasteiger charge is 2.22. The van der Waals surface area contributed by atoms with Crippen molar-refractivity contribution in [1.29, 1.82) is 0 Å². The van der Waals surface area contributed by atoms with Gasteiger partial charge < -0.3 is 10.2 Å². The molecule has 1 aromatic carbocycles. The number of likely N-dealkylation sites (N-methyl/N-ethyl adjacent to an activating group) is 1.